The molecule has 134 valence electrons. The van der Waals surface area contributed by atoms with E-state index in [9.17, 15) is 14.7 Å². The summed E-state index contributed by atoms with van der Waals surface area (Å²) < 4.78 is 15.6. The predicted molar refractivity (Wildman–Crippen MR) is 89.1 cm³/mol. The van der Waals surface area contributed by atoms with Gasteiger partial charge >= 0.3 is 11.9 Å². The van der Waals surface area contributed by atoms with Crippen LogP contribution in [0.15, 0.2) is 47.1 Å². The Kier molecular flexibility index (Phi) is 5.69. The Morgan fingerprint density at radius 1 is 1.08 bits per heavy atom. The van der Waals surface area contributed by atoms with Crippen LogP contribution in [-0.4, -0.2) is 30.3 Å². The number of allylic oxidation sites excluding steroid dienone is 1. The maximum Gasteiger partial charge on any atom is 0.340 e. The van der Waals surface area contributed by atoms with Crippen LogP contribution in [0.1, 0.15) is 32.3 Å². The molecule has 1 aliphatic heterocycles. The monoisotopic (exact) mass is 347 g/mol. The van der Waals surface area contributed by atoms with Gasteiger partial charge in [-0.25, -0.2) is 9.59 Å². The van der Waals surface area contributed by atoms with Crippen LogP contribution in [0, 0.1) is 0 Å². The van der Waals surface area contributed by atoms with Crippen molar-refractivity contribution in [3.63, 3.8) is 0 Å². The molecular formula is C18H21NO6. The Bertz CT molecular complexity index is 692. The van der Waals surface area contributed by atoms with Crippen molar-refractivity contribution in [1.82, 2.24) is 0 Å². The van der Waals surface area contributed by atoms with Crippen molar-refractivity contribution in [1.29, 1.82) is 0 Å². The number of rotatable bonds is 5. The Balaban J connectivity index is 2.61. The minimum atomic E-state index is -0.813. The molecule has 25 heavy (non-hydrogen) atoms. The quantitative estimate of drug-likeness (QED) is 0.785. The van der Waals surface area contributed by atoms with Gasteiger partial charge in [0.1, 0.15) is 17.1 Å². The fourth-order valence-electron chi connectivity index (χ4n) is 2.66. The molecule has 0 radical (unpaired) electrons. The normalized spacial score (nSPS) is 17.2. The van der Waals surface area contributed by atoms with Crippen molar-refractivity contribution in [2.45, 2.75) is 26.7 Å². The molecule has 1 atom stereocenters. The molecule has 0 amide bonds. The van der Waals surface area contributed by atoms with Crippen molar-refractivity contribution >= 4 is 11.9 Å². The number of carbonyl (C=O) groups is 2. The fourth-order valence-corrected chi connectivity index (χ4v) is 2.66. The summed E-state index contributed by atoms with van der Waals surface area (Å²) in [4.78, 5) is 24.9. The molecule has 7 nitrogen and oxygen atoms in total. The second-order valence-electron chi connectivity index (χ2n) is 5.32. The van der Waals surface area contributed by atoms with E-state index in [-0.39, 0.29) is 41.8 Å². The third-order valence-corrected chi connectivity index (χ3v) is 3.70. The first kappa shape index (κ1) is 18.4. The molecule has 1 unspecified atom stereocenters. The standard InChI is InChI=1S/C18H21NO6/c1-4-23-17(21)13-10(3)25-16(19)15(18(22)24-5-2)14(13)11-6-8-12(20)9-7-11/h6-9,14,20H,4-5,19H2,1-3H3. The van der Waals surface area contributed by atoms with Crippen LogP contribution in [0.3, 0.4) is 0 Å². The first-order valence-corrected chi connectivity index (χ1v) is 7.92. The Labute approximate surface area is 145 Å². The number of aromatic hydroxyl groups is 1. The highest BCUT2D eigenvalue weighted by molar-refractivity contribution is 5.99. The van der Waals surface area contributed by atoms with E-state index in [0.29, 0.717) is 5.56 Å². The Hall–Kier alpha value is -2.96. The van der Waals surface area contributed by atoms with Crippen LogP contribution in [0.5, 0.6) is 5.75 Å². The van der Waals surface area contributed by atoms with Gasteiger partial charge in [-0.2, -0.15) is 0 Å². The summed E-state index contributed by atoms with van der Waals surface area (Å²) in [6, 6.07) is 6.12. The minimum absolute atomic E-state index is 0.0289. The smallest absolute Gasteiger partial charge is 0.340 e. The largest absolute Gasteiger partial charge is 0.508 e. The average Bonchev–Trinajstić information content (AvgIpc) is 2.55. The number of esters is 2. The second kappa shape index (κ2) is 7.74. The summed E-state index contributed by atoms with van der Waals surface area (Å²) in [5.41, 5.74) is 6.69. The first-order valence-electron chi connectivity index (χ1n) is 7.92. The van der Waals surface area contributed by atoms with Gasteiger partial charge in [0.15, 0.2) is 0 Å². The summed E-state index contributed by atoms with van der Waals surface area (Å²) in [7, 11) is 0. The summed E-state index contributed by atoms with van der Waals surface area (Å²) in [5, 5.41) is 9.52. The van der Waals surface area contributed by atoms with E-state index in [1.165, 1.54) is 12.1 Å². The number of hydrogen-bond acceptors (Lipinski definition) is 7. The molecular weight excluding hydrogens is 326 g/mol. The minimum Gasteiger partial charge on any atom is -0.508 e. The van der Waals surface area contributed by atoms with Gasteiger partial charge in [-0.3, -0.25) is 0 Å². The van der Waals surface area contributed by atoms with Gasteiger partial charge in [0.2, 0.25) is 5.88 Å². The molecule has 1 heterocycles. The number of carbonyl (C=O) groups excluding carboxylic acids is 2. The van der Waals surface area contributed by atoms with Crippen molar-refractivity contribution < 1.29 is 28.9 Å². The predicted octanol–water partition coefficient (Wildman–Crippen LogP) is 2.08. The number of ether oxygens (including phenoxy) is 3. The summed E-state index contributed by atoms with van der Waals surface area (Å²) in [5.74, 6) is -1.90. The highest BCUT2D eigenvalue weighted by atomic mass is 16.5. The Morgan fingerprint density at radius 3 is 2.12 bits per heavy atom. The molecule has 7 heteroatoms. The van der Waals surface area contributed by atoms with Crippen LogP contribution in [0.4, 0.5) is 0 Å². The topological polar surface area (TPSA) is 108 Å². The molecule has 0 spiro atoms. The van der Waals surface area contributed by atoms with E-state index in [4.69, 9.17) is 19.9 Å². The van der Waals surface area contributed by atoms with Crippen LogP contribution in [0.25, 0.3) is 0 Å². The van der Waals surface area contributed by atoms with Crippen LogP contribution in [-0.2, 0) is 23.8 Å². The third-order valence-electron chi connectivity index (χ3n) is 3.70. The van der Waals surface area contributed by atoms with Crippen LogP contribution >= 0.6 is 0 Å². The highest BCUT2D eigenvalue weighted by Crippen LogP contribution is 2.40. The molecule has 0 bridgehead atoms. The maximum absolute atomic E-state index is 12.5. The van der Waals surface area contributed by atoms with Crippen molar-refractivity contribution in [3.05, 3.63) is 52.6 Å². The summed E-state index contributed by atoms with van der Waals surface area (Å²) in [6.07, 6.45) is 0. The lowest BCUT2D eigenvalue weighted by molar-refractivity contribution is -0.140. The number of phenols is 1. The lowest BCUT2D eigenvalue weighted by Crippen LogP contribution is -2.30. The molecule has 3 N–H and O–H groups in total. The number of phenolic OH excluding ortho intramolecular Hbond substituents is 1. The lowest BCUT2D eigenvalue weighted by Gasteiger charge is -2.28. The van der Waals surface area contributed by atoms with Crippen LogP contribution < -0.4 is 5.73 Å². The fraction of sp³-hybridized carbons (Fsp3) is 0.333. The van der Waals surface area contributed by atoms with Gasteiger partial charge < -0.3 is 25.1 Å². The molecule has 1 aromatic carbocycles. The van der Waals surface area contributed by atoms with Crippen molar-refractivity contribution in [3.8, 4) is 5.75 Å². The zero-order chi connectivity index (χ0) is 18.6. The number of hydrogen-bond donors (Lipinski definition) is 2. The highest BCUT2D eigenvalue weighted by Gasteiger charge is 2.39. The average molecular weight is 347 g/mol. The lowest BCUT2D eigenvalue weighted by atomic mass is 9.82. The van der Waals surface area contributed by atoms with E-state index in [0.717, 1.165) is 0 Å². The van der Waals surface area contributed by atoms with E-state index in [2.05, 4.69) is 0 Å². The first-order chi connectivity index (χ1) is 11.9. The SMILES string of the molecule is CCOC(=O)C1=C(C)OC(N)=C(C(=O)OCC)C1c1ccc(O)cc1. The number of nitrogens with two attached hydrogens (primary N) is 1. The van der Waals surface area contributed by atoms with Crippen LogP contribution in [0.2, 0.25) is 0 Å². The molecule has 0 fully saturated rings. The molecule has 0 aromatic heterocycles. The molecule has 1 aromatic rings. The van der Waals surface area contributed by atoms with Gasteiger partial charge in [0, 0.05) is 0 Å². The zero-order valence-electron chi connectivity index (χ0n) is 14.4. The third kappa shape index (κ3) is 3.76. The molecule has 0 saturated heterocycles. The van der Waals surface area contributed by atoms with E-state index >= 15 is 0 Å². The van der Waals surface area contributed by atoms with Gasteiger partial charge in [-0.15, -0.1) is 0 Å². The molecule has 1 aliphatic rings. The Morgan fingerprint density at radius 2 is 1.60 bits per heavy atom. The summed E-state index contributed by atoms with van der Waals surface area (Å²) >= 11 is 0. The van der Waals surface area contributed by atoms with E-state index in [1.54, 1.807) is 32.9 Å². The van der Waals surface area contributed by atoms with Gasteiger partial charge in [0.25, 0.3) is 0 Å². The van der Waals surface area contributed by atoms with Crippen molar-refractivity contribution in [2.75, 3.05) is 13.2 Å². The number of benzene rings is 1. The van der Waals surface area contributed by atoms with Gasteiger partial charge in [-0.05, 0) is 38.5 Å². The van der Waals surface area contributed by atoms with Crippen molar-refractivity contribution in [2.24, 2.45) is 5.73 Å². The molecule has 0 saturated carbocycles. The molecule has 2 rings (SSSR count). The van der Waals surface area contributed by atoms with Gasteiger partial charge in [-0.1, -0.05) is 12.1 Å². The zero-order valence-corrected chi connectivity index (χ0v) is 14.4. The second-order valence-corrected chi connectivity index (χ2v) is 5.32. The van der Waals surface area contributed by atoms with Gasteiger partial charge in [0.05, 0.1) is 24.7 Å². The maximum atomic E-state index is 12.5. The van der Waals surface area contributed by atoms with E-state index < -0.39 is 17.9 Å². The molecule has 0 aliphatic carbocycles. The summed E-state index contributed by atoms with van der Waals surface area (Å²) in [6.45, 7) is 5.25. The van der Waals surface area contributed by atoms with E-state index in [1.807, 2.05) is 0 Å².